The molecule has 1 aromatic heterocycles. The average Bonchev–Trinajstić information content (AvgIpc) is 2.89. The molecule has 1 aliphatic heterocycles. The van der Waals surface area contributed by atoms with Crippen molar-refractivity contribution in [1.82, 2.24) is 10.2 Å². The lowest BCUT2D eigenvalue weighted by Crippen LogP contribution is -2.02. The van der Waals surface area contributed by atoms with Gasteiger partial charge in [-0.2, -0.15) is 5.10 Å². The van der Waals surface area contributed by atoms with Crippen LogP contribution in [-0.2, 0) is 0 Å². The second-order valence-electron chi connectivity index (χ2n) is 4.63. The summed E-state index contributed by atoms with van der Waals surface area (Å²) >= 11 is 0. The summed E-state index contributed by atoms with van der Waals surface area (Å²) in [5.41, 5.74) is 4.88. The predicted octanol–water partition coefficient (Wildman–Crippen LogP) is 3.64. The number of hydrogen-bond donors (Lipinski definition) is 2. The monoisotopic (exact) mass is 260 g/mol. The molecule has 0 bridgehead atoms. The minimum Gasteiger partial charge on any atom is -0.338 e. The number of aliphatic imine (C=N–C) groups is 1. The first-order valence-electron chi connectivity index (χ1n) is 6.46. The molecule has 2 N–H and O–H groups in total. The Hall–Kier alpha value is -2.88. The Morgan fingerprint density at radius 1 is 0.850 bits per heavy atom. The highest BCUT2D eigenvalue weighted by molar-refractivity contribution is 6.17. The Labute approximate surface area is 116 Å². The van der Waals surface area contributed by atoms with Crippen LogP contribution < -0.4 is 5.32 Å². The van der Waals surface area contributed by atoms with Crippen molar-refractivity contribution in [2.45, 2.75) is 0 Å². The quantitative estimate of drug-likeness (QED) is 0.549. The molecule has 0 atom stereocenters. The van der Waals surface area contributed by atoms with Crippen LogP contribution in [0.25, 0.3) is 0 Å². The lowest BCUT2D eigenvalue weighted by molar-refractivity contribution is 1.09. The largest absolute Gasteiger partial charge is 0.338 e. The number of H-pyrrole nitrogens is 1. The van der Waals surface area contributed by atoms with Crippen molar-refractivity contribution in [3.63, 3.8) is 0 Å². The Bertz CT molecular complexity index is 787. The molecule has 0 saturated heterocycles. The van der Waals surface area contributed by atoms with Gasteiger partial charge in [0, 0.05) is 5.56 Å². The Kier molecular flexibility index (Phi) is 2.39. The molecule has 0 saturated carbocycles. The van der Waals surface area contributed by atoms with E-state index in [0.717, 1.165) is 34.0 Å². The highest BCUT2D eigenvalue weighted by atomic mass is 15.2. The van der Waals surface area contributed by atoms with Crippen LogP contribution in [0.3, 0.4) is 0 Å². The molecule has 0 spiro atoms. The number of nitrogens with zero attached hydrogens (tertiary/aromatic N) is 2. The lowest BCUT2D eigenvalue weighted by atomic mass is 10.0. The maximum atomic E-state index is 4.82. The standard InChI is InChI=1S/C16H12N4/c1-2-6-11(7-3-1)15-12-10-17-20-16(12)19-14-9-5-4-8-13(14)18-15/h1-10H,(H2,17,19,20). The summed E-state index contributed by atoms with van der Waals surface area (Å²) in [4.78, 5) is 4.82. The first-order valence-corrected chi connectivity index (χ1v) is 6.46. The van der Waals surface area contributed by atoms with E-state index in [-0.39, 0.29) is 0 Å². The third-order valence-corrected chi connectivity index (χ3v) is 3.34. The molecule has 2 heterocycles. The molecule has 0 unspecified atom stereocenters. The number of benzene rings is 2. The van der Waals surface area contributed by atoms with Gasteiger partial charge < -0.3 is 5.32 Å². The van der Waals surface area contributed by atoms with Crippen LogP contribution in [0.4, 0.5) is 17.2 Å². The second-order valence-corrected chi connectivity index (χ2v) is 4.63. The summed E-state index contributed by atoms with van der Waals surface area (Å²) < 4.78 is 0. The van der Waals surface area contributed by atoms with E-state index in [1.54, 1.807) is 6.20 Å². The van der Waals surface area contributed by atoms with E-state index in [2.05, 4.69) is 27.6 Å². The number of aromatic amines is 1. The van der Waals surface area contributed by atoms with Crippen LogP contribution in [0.15, 0.2) is 65.8 Å². The van der Waals surface area contributed by atoms with Gasteiger partial charge in [-0.15, -0.1) is 0 Å². The highest BCUT2D eigenvalue weighted by Crippen LogP contribution is 2.33. The fourth-order valence-electron chi connectivity index (χ4n) is 2.37. The average molecular weight is 260 g/mol. The summed E-state index contributed by atoms with van der Waals surface area (Å²) in [6.07, 6.45) is 1.81. The molecule has 96 valence electrons. The summed E-state index contributed by atoms with van der Waals surface area (Å²) in [7, 11) is 0. The van der Waals surface area contributed by atoms with Crippen molar-refractivity contribution < 1.29 is 0 Å². The third-order valence-electron chi connectivity index (χ3n) is 3.34. The van der Waals surface area contributed by atoms with Crippen molar-refractivity contribution in [2.24, 2.45) is 4.99 Å². The summed E-state index contributed by atoms with van der Waals surface area (Å²) in [5, 5.41) is 10.5. The van der Waals surface area contributed by atoms with Gasteiger partial charge in [0.25, 0.3) is 0 Å². The zero-order chi connectivity index (χ0) is 13.4. The number of hydrogen-bond acceptors (Lipinski definition) is 3. The summed E-state index contributed by atoms with van der Waals surface area (Å²) in [6, 6.07) is 18.2. The molecule has 2 aromatic carbocycles. The van der Waals surface area contributed by atoms with Gasteiger partial charge in [-0.05, 0) is 12.1 Å². The van der Waals surface area contributed by atoms with Crippen molar-refractivity contribution in [2.75, 3.05) is 5.32 Å². The maximum absolute atomic E-state index is 4.82. The van der Waals surface area contributed by atoms with Gasteiger partial charge in [-0.3, -0.25) is 5.10 Å². The van der Waals surface area contributed by atoms with Crippen LogP contribution in [0, 0.1) is 0 Å². The van der Waals surface area contributed by atoms with Crippen LogP contribution in [0.5, 0.6) is 0 Å². The van der Waals surface area contributed by atoms with E-state index in [1.165, 1.54) is 0 Å². The molecule has 4 heteroatoms. The first kappa shape index (κ1) is 11.0. The number of rotatable bonds is 1. The van der Waals surface area contributed by atoms with E-state index >= 15 is 0 Å². The fourth-order valence-corrected chi connectivity index (χ4v) is 2.37. The highest BCUT2D eigenvalue weighted by Gasteiger charge is 2.18. The summed E-state index contributed by atoms with van der Waals surface area (Å²) in [6.45, 7) is 0. The first-order chi connectivity index (χ1) is 9.92. The minimum absolute atomic E-state index is 0.873. The topological polar surface area (TPSA) is 53.1 Å². The van der Waals surface area contributed by atoms with Crippen molar-refractivity contribution in [3.05, 3.63) is 71.9 Å². The van der Waals surface area contributed by atoms with Gasteiger partial charge in [-0.25, -0.2) is 4.99 Å². The third kappa shape index (κ3) is 1.70. The molecule has 0 aliphatic carbocycles. The Morgan fingerprint density at radius 3 is 2.55 bits per heavy atom. The molecular formula is C16H12N4. The van der Waals surface area contributed by atoms with Crippen LogP contribution >= 0.6 is 0 Å². The van der Waals surface area contributed by atoms with E-state index in [1.807, 2.05) is 42.5 Å². The van der Waals surface area contributed by atoms with Gasteiger partial charge in [-0.1, -0.05) is 42.5 Å². The normalized spacial score (nSPS) is 12.7. The van der Waals surface area contributed by atoms with Crippen LogP contribution in [-0.4, -0.2) is 15.9 Å². The van der Waals surface area contributed by atoms with Gasteiger partial charge in [0.1, 0.15) is 5.82 Å². The van der Waals surface area contributed by atoms with E-state index in [4.69, 9.17) is 4.99 Å². The number of para-hydroxylation sites is 2. The van der Waals surface area contributed by atoms with Crippen molar-refractivity contribution in [3.8, 4) is 0 Å². The molecule has 4 nitrogen and oxygen atoms in total. The number of fused-ring (bicyclic) bond motifs is 2. The molecular weight excluding hydrogens is 248 g/mol. The SMILES string of the molecule is c1ccc(C2=Nc3ccccc3Nc3[nH]ncc32)cc1. The fraction of sp³-hybridized carbons (Fsp3) is 0. The van der Waals surface area contributed by atoms with Crippen LogP contribution in [0.2, 0.25) is 0 Å². The number of aromatic nitrogens is 2. The molecule has 20 heavy (non-hydrogen) atoms. The maximum Gasteiger partial charge on any atom is 0.135 e. The van der Waals surface area contributed by atoms with E-state index < -0.39 is 0 Å². The molecule has 0 amide bonds. The molecule has 4 rings (SSSR count). The lowest BCUT2D eigenvalue weighted by Gasteiger charge is -2.04. The van der Waals surface area contributed by atoms with Gasteiger partial charge in [0.2, 0.25) is 0 Å². The van der Waals surface area contributed by atoms with Gasteiger partial charge >= 0.3 is 0 Å². The van der Waals surface area contributed by atoms with Crippen LogP contribution in [0.1, 0.15) is 11.1 Å². The second kappa shape index (κ2) is 4.35. The van der Waals surface area contributed by atoms with E-state index in [9.17, 15) is 0 Å². The molecule has 0 fully saturated rings. The smallest absolute Gasteiger partial charge is 0.135 e. The molecule has 1 aliphatic rings. The van der Waals surface area contributed by atoms with Crippen molar-refractivity contribution in [1.29, 1.82) is 0 Å². The number of anilines is 2. The zero-order valence-corrected chi connectivity index (χ0v) is 10.7. The predicted molar refractivity (Wildman–Crippen MR) is 80.1 cm³/mol. The van der Waals surface area contributed by atoms with E-state index in [0.29, 0.717) is 0 Å². The Balaban J connectivity index is 1.99. The molecule has 0 radical (unpaired) electrons. The number of nitrogens with one attached hydrogen (secondary N) is 2. The molecule has 3 aromatic rings. The van der Waals surface area contributed by atoms with Crippen molar-refractivity contribution >= 4 is 22.9 Å². The summed E-state index contributed by atoms with van der Waals surface area (Å²) in [5.74, 6) is 0.873. The Morgan fingerprint density at radius 2 is 1.65 bits per heavy atom. The van der Waals surface area contributed by atoms with Gasteiger partial charge in [0.15, 0.2) is 0 Å². The van der Waals surface area contributed by atoms with Gasteiger partial charge in [0.05, 0.1) is 28.8 Å². The zero-order valence-electron chi connectivity index (χ0n) is 10.7. The minimum atomic E-state index is 0.873.